The lowest BCUT2D eigenvalue weighted by Gasteiger charge is -2.31. The molecule has 178 valence electrons. The van der Waals surface area contributed by atoms with Gasteiger partial charge in [-0.25, -0.2) is 0 Å². The van der Waals surface area contributed by atoms with E-state index in [4.69, 9.17) is 33.4 Å². The summed E-state index contributed by atoms with van der Waals surface area (Å²) in [5, 5.41) is 20.5. The highest BCUT2D eigenvalue weighted by Gasteiger charge is 2.19. The number of likely N-dealkylation sites (tertiary alicyclic amines) is 1. The summed E-state index contributed by atoms with van der Waals surface area (Å²) in [7, 11) is 0. The van der Waals surface area contributed by atoms with Gasteiger partial charge in [-0.3, -0.25) is 4.79 Å². The first kappa shape index (κ1) is 26.1. The molecule has 0 unspecified atom stereocenters. The van der Waals surface area contributed by atoms with E-state index in [2.05, 4.69) is 5.32 Å². The molecule has 0 aromatic heterocycles. The second kappa shape index (κ2) is 13.4. The molecule has 1 amide bonds. The topological polar surface area (TPSA) is 145 Å². The largest absolute Gasteiger partial charge is 0.508 e. The molecule has 6 N–H and O–H groups in total. The number of halogens is 1. The monoisotopic (exact) mass is 473 g/mol. The summed E-state index contributed by atoms with van der Waals surface area (Å²) in [6, 6.07) is 6.35. The molecule has 1 aliphatic heterocycles. The van der Waals surface area contributed by atoms with E-state index in [-0.39, 0.29) is 34.3 Å². The minimum atomic E-state index is -0.222. The van der Waals surface area contributed by atoms with Crippen LogP contribution >= 0.6 is 11.6 Å². The van der Waals surface area contributed by atoms with Crippen LogP contribution < -0.4 is 16.8 Å². The zero-order valence-corrected chi connectivity index (χ0v) is 19.4. The minimum Gasteiger partial charge on any atom is -0.508 e. The van der Waals surface area contributed by atoms with Gasteiger partial charge in [-0.05, 0) is 56.0 Å². The van der Waals surface area contributed by atoms with E-state index in [1.165, 1.54) is 24.6 Å². The molecule has 9 heteroatoms. The number of carbonyl (C=O) groups is 2. The first-order chi connectivity index (χ1) is 15.8. The maximum absolute atomic E-state index is 12.1. The Morgan fingerprint density at radius 2 is 1.82 bits per heavy atom. The summed E-state index contributed by atoms with van der Waals surface area (Å²) in [5.41, 5.74) is 12.4. The van der Waals surface area contributed by atoms with Gasteiger partial charge in [-0.2, -0.15) is 5.26 Å². The van der Waals surface area contributed by atoms with Crippen LogP contribution in [0.5, 0.6) is 5.75 Å². The number of phenols is 1. The maximum atomic E-state index is 12.1. The van der Waals surface area contributed by atoms with Crippen LogP contribution in [0.2, 0.25) is 5.02 Å². The number of aldehydes is 1. The molecular formula is C24H32ClN5O3. The molecular weight excluding hydrogens is 442 g/mol. The molecule has 2 aliphatic rings. The van der Waals surface area contributed by atoms with Gasteiger partial charge in [0.2, 0.25) is 0 Å². The van der Waals surface area contributed by atoms with Gasteiger partial charge >= 0.3 is 0 Å². The molecule has 1 heterocycles. The van der Waals surface area contributed by atoms with Gasteiger partial charge in [-0.15, -0.1) is 0 Å². The Kier molecular flexibility index (Phi) is 10.6. The highest BCUT2D eigenvalue weighted by Crippen LogP contribution is 2.20. The van der Waals surface area contributed by atoms with Crippen molar-refractivity contribution < 1.29 is 14.7 Å². The van der Waals surface area contributed by atoms with Crippen LogP contribution in [0.25, 0.3) is 0 Å². The van der Waals surface area contributed by atoms with E-state index in [0.717, 1.165) is 57.9 Å². The van der Waals surface area contributed by atoms with Crippen LogP contribution in [0.4, 0.5) is 0 Å². The van der Waals surface area contributed by atoms with Crippen molar-refractivity contribution >= 4 is 23.8 Å². The molecule has 1 saturated heterocycles. The number of rotatable bonds is 5. The number of nitriles is 1. The van der Waals surface area contributed by atoms with Crippen molar-refractivity contribution in [2.75, 3.05) is 13.1 Å². The quantitative estimate of drug-likeness (QED) is 0.292. The third-order valence-corrected chi connectivity index (χ3v) is 6.12. The lowest BCUT2D eigenvalue weighted by molar-refractivity contribution is -0.118. The fourth-order valence-electron chi connectivity index (χ4n) is 3.76. The molecule has 33 heavy (non-hydrogen) atoms. The average Bonchev–Trinajstić information content (AvgIpc) is 2.83. The van der Waals surface area contributed by atoms with Crippen molar-refractivity contribution in [3.8, 4) is 11.8 Å². The van der Waals surface area contributed by atoms with E-state index in [0.29, 0.717) is 11.4 Å². The molecule has 2 fully saturated rings. The molecule has 3 rings (SSSR count). The van der Waals surface area contributed by atoms with Crippen LogP contribution in [0.1, 0.15) is 50.5 Å². The smallest absolute Gasteiger partial charge is 0.267 e. The van der Waals surface area contributed by atoms with Crippen LogP contribution in [-0.2, 0) is 9.59 Å². The third-order valence-electron chi connectivity index (χ3n) is 5.81. The fraction of sp³-hybridized carbons (Fsp3) is 0.458. The van der Waals surface area contributed by atoms with Crippen molar-refractivity contribution in [3.05, 3.63) is 52.5 Å². The number of nitrogens with two attached hydrogens (primary N) is 2. The first-order valence-corrected chi connectivity index (χ1v) is 11.5. The molecule has 1 aromatic rings. The first-order valence-electron chi connectivity index (χ1n) is 11.2. The summed E-state index contributed by atoms with van der Waals surface area (Å²) in [4.78, 5) is 24.8. The minimum absolute atomic E-state index is 0.0731. The Morgan fingerprint density at radius 1 is 1.15 bits per heavy atom. The van der Waals surface area contributed by atoms with Gasteiger partial charge in [0, 0.05) is 25.0 Å². The van der Waals surface area contributed by atoms with Crippen LogP contribution in [0.15, 0.2) is 41.9 Å². The third kappa shape index (κ3) is 8.70. The normalized spacial score (nSPS) is 18.0. The number of piperidine rings is 1. The highest BCUT2D eigenvalue weighted by atomic mass is 35.5. The van der Waals surface area contributed by atoms with Crippen molar-refractivity contribution in [1.82, 2.24) is 10.2 Å². The molecule has 1 aliphatic carbocycles. The number of allylic oxidation sites excluding steroid dienone is 2. The molecule has 8 nitrogen and oxygen atoms in total. The fourth-order valence-corrected chi connectivity index (χ4v) is 3.98. The van der Waals surface area contributed by atoms with Crippen molar-refractivity contribution in [1.29, 1.82) is 5.26 Å². The van der Waals surface area contributed by atoms with Gasteiger partial charge in [0.1, 0.15) is 18.1 Å². The Bertz CT molecular complexity index is 911. The van der Waals surface area contributed by atoms with E-state index in [1.807, 2.05) is 11.0 Å². The van der Waals surface area contributed by atoms with Gasteiger partial charge < -0.3 is 31.6 Å². The molecule has 1 aromatic carbocycles. The van der Waals surface area contributed by atoms with E-state index >= 15 is 0 Å². The van der Waals surface area contributed by atoms with E-state index in [1.54, 1.807) is 12.2 Å². The van der Waals surface area contributed by atoms with E-state index < -0.39 is 0 Å². The number of aromatic hydroxyl groups is 1. The van der Waals surface area contributed by atoms with Crippen molar-refractivity contribution in [2.24, 2.45) is 17.4 Å². The van der Waals surface area contributed by atoms with Crippen LogP contribution in [0.3, 0.4) is 0 Å². The number of amides is 1. The summed E-state index contributed by atoms with van der Waals surface area (Å²) in [6.45, 7) is 1.52. The highest BCUT2D eigenvalue weighted by molar-refractivity contribution is 6.31. The Balaban J connectivity index is 0.000000321. The zero-order valence-electron chi connectivity index (χ0n) is 18.7. The number of hydrogen-bond acceptors (Lipinski definition) is 7. The van der Waals surface area contributed by atoms with Crippen LogP contribution in [-0.4, -0.2) is 41.3 Å². The van der Waals surface area contributed by atoms with E-state index in [9.17, 15) is 9.59 Å². The summed E-state index contributed by atoms with van der Waals surface area (Å²) < 4.78 is 0. The summed E-state index contributed by atoms with van der Waals surface area (Å²) in [5.74, 6) is 0.577. The number of nitrogens with zero attached hydrogens (tertiary/aromatic N) is 2. The molecule has 1 saturated carbocycles. The van der Waals surface area contributed by atoms with Crippen LogP contribution in [0, 0.1) is 17.2 Å². The van der Waals surface area contributed by atoms with Gasteiger partial charge in [0.25, 0.3) is 5.91 Å². The predicted octanol–water partition coefficient (Wildman–Crippen LogP) is 2.91. The van der Waals surface area contributed by atoms with Crippen molar-refractivity contribution in [2.45, 2.75) is 51.0 Å². The maximum Gasteiger partial charge on any atom is 0.267 e. The number of benzene rings is 1. The number of phenolic OH excluding ortho intramolecular Hbond substituents is 1. The second-order valence-corrected chi connectivity index (χ2v) is 8.67. The summed E-state index contributed by atoms with van der Waals surface area (Å²) >= 11 is 5.55. The molecule has 0 spiro atoms. The Morgan fingerprint density at radius 3 is 2.39 bits per heavy atom. The van der Waals surface area contributed by atoms with Gasteiger partial charge in [0.05, 0.1) is 22.1 Å². The molecule has 0 atom stereocenters. The lowest BCUT2D eigenvalue weighted by Crippen LogP contribution is -2.38. The van der Waals surface area contributed by atoms with Gasteiger partial charge in [-0.1, -0.05) is 30.9 Å². The molecule has 0 bridgehead atoms. The second-order valence-electron chi connectivity index (χ2n) is 8.26. The van der Waals surface area contributed by atoms with Crippen molar-refractivity contribution in [3.63, 3.8) is 0 Å². The standard InChI is InChI=1S/C17H28N4O2.C7H4ClNO/c18-15(17(23)20-14-4-2-1-3-5-14)6-7-16(19)21-10-8-13(12-22)9-11-21;8-7-3-6(10)2-1-5(7)4-9/h6-7,12-14H,1-5,8-11,18-19H2,(H,20,23);1-3,10H/b15-6-,16-7+;. The number of hydrogen-bond donors (Lipinski definition) is 4. The van der Waals surface area contributed by atoms with Gasteiger partial charge in [0.15, 0.2) is 0 Å². The predicted molar refractivity (Wildman–Crippen MR) is 128 cm³/mol. The number of carbonyl (C=O) groups excluding carboxylic acids is 2. The average molecular weight is 474 g/mol. The SMILES string of the molecule is N#Cc1ccc(O)cc1Cl.N/C(=C\C=C(/N)N1CCC(C=O)CC1)C(=O)NC1CCCCC1. The number of nitrogens with one attached hydrogen (secondary N) is 1. The lowest BCUT2D eigenvalue weighted by atomic mass is 9.95. The Labute approximate surface area is 199 Å². The molecule has 0 radical (unpaired) electrons. The zero-order chi connectivity index (χ0) is 24.2. The Hall–Kier alpha value is -3.18. The summed E-state index contributed by atoms with van der Waals surface area (Å²) in [6.07, 6.45) is 11.5.